The quantitative estimate of drug-likeness (QED) is 0.710. The molecule has 3 rings (SSSR count). The number of thioether (sulfide) groups is 1. The highest BCUT2D eigenvalue weighted by atomic mass is 32.2. The summed E-state index contributed by atoms with van der Waals surface area (Å²) in [5.41, 5.74) is 3.36. The molecule has 7 heteroatoms. The predicted octanol–water partition coefficient (Wildman–Crippen LogP) is 1.22. The molecule has 1 aliphatic heterocycles. The lowest BCUT2D eigenvalue weighted by atomic mass is 10.1. The fourth-order valence-electron chi connectivity index (χ4n) is 3.52. The second-order valence-corrected chi connectivity index (χ2v) is 7.77. The number of benzene rings is 1. The van der Waals surface area contributed by atoms with Gasteiger partial charge in [0.2, 0.25) is 0 Å². The summed E-state index contributed by atoms with van der Waals surface area (Å²) < 4.78 is 12.8. The van der Waals surface area contributed by atoms with Gasteiger partial charge in [-0.1, -0.05) is 24.8 Å². The smallest absolute Gasteiger partial charge is 0.168 e. The van der Waals surface area contributed by atoms with E-state index >= 15 is 0 Å². The molecule has 0 aliphatic carbocycles. The van der Waals surface area contributed by atoms with Crippen LogP contribution < -0.4 is 14.4 Å². The van der Waals surface area contributed by atoms with Crippen LogP contribution in [0.4, 0.5) is 0 Å². The standard InChI is InChI=1S/C19H27N3O3S/c1-5-26-19-20-14-11-22(9-8-15(14)21(19)2)12-16(23)13-6-7-17(24-3)18(10-13)25-4/h6-7,10,16,23H,5,8-9,11-12H2,1-4H3/p+1/t16-/m0/s1. The zero-order valence-electron chi connectivity index (χ0n) is 15.9. The molecule has 1 unspecified atom stereocenters. The van der Waals surface area contributed by atoms with Gasteiger partial charge >= 0.3 is 0 Å². The Morgan fingerprint density at radius 3 is 2.77 bits per heavy atom. The number of rotatable bonds is 7. The Morgan fingerprint density at radius 1 is 1.31 bits per heavy atom. The van der Waals surface area contributed by atoms with Crippen LogP contribution in [-0.2, 0) is 20.0 Å². The molecule has 6 nitrogen and oxygen atoms in total. The summed E-state index contributed by atoms with van der Waals surface area (Å²) in [5, 5.41) is 11.8. The Morgan fingerprint density at radius 2 is 2.08 bits per heavy atom. The zero-order valence-corrected chi connectivity index (χ0v) is 16.7. The molecule has 2 heterocycles. The zero-order chi connectivity index (χ0) is 18.7. The molecule has 1 aliphatic rings. The van der Waals surface area contributed by atoms with Crippen molar-refractivity contribution >= 4 is 11.8 Å². The maximum absolute atomic E-state index is 10.7. The molecule has 2 atom stereocenters. The first-order valence-electron chi connectivity index (χ1n) is 8.98. The van der Waals surface area contributed by atoms with E-state index in [0.717, 1.165) is 36.0 Å². The molecular formula is C19H28N3O3S+. The number of ether oxygens (including phenoxy) is 2. The van der Waals surface area contributed by atoms with Crippen LogP contribution in [0, 0.1) is 0 Å². The largest absolute Gasteiger partial charge is 0.493 e. The maximum atomic E-state index is 10.7. The number of fused-ring (bicyclic) bond motifs is 1. The second-order valence-electron chi connectivity index (χ2n) is 6.54. The Kier molecular flexibility index (Phi) is 6.11. The van der Waals surface area contributed by atoms with Gasteiger partial charge in [-0.25, -0.2) is 4.98 Å². The minimum atomic E-state index is -0.542. The van der Waals surface area contributed by atoms with Crippen LogP contribution in [0.3, 0.4) is 0 Å². The van der Waals surface area contributed by atoms with Crippen molar-refractivity contribution in [2.75, 3.05) is 33.1 Å². The van der Waals surface area contributed by atoms with Crippen LogP contribution in [0.25, 0.3) is 0 Å². The highest BCUT2D eigenvalue weighted by Gasteiger charge is 2.27. The van der Waals surface area contributed by atoms with Gasteiger partial charge in [0, 0.05) is 13.5 Å². The normalized spacial score (nSPS) is 17.7. The topological polar surface area (TPSA) is 61.0 Å². The molecule has 0 saturated carbocycles. The first-order valence-corrected chi connectivity index (χ1v) is 9.96. The number of methoxy groups -OCH3 is 2. The molecule has 1 aromatic carbocycles. The van der Waals surface area contributed by atoms with Gasteiger partial charge in [-0.3, -0.25) is 0 Å². The van der Waals surface area contributed by atoms with Crippen LogP contribution in [-0.4, -0.2) is 47.7 Å². The van der Waals surface area contributed by atoms with Gasteiger partial charge in [-0.2, -0.15) is 0 Å². The van der Waals surface area contributed by atoms with Crippen LogP contribution >= 0.6 is 11.8 Å². The van der Waals surface area contributed by atoms with E-state index in [1.54, 1.807) is 26.0 Å². The Bertz CT molecular complexity index is 763. The lowest BCUT2D eigenvalue weighted by Crippen LogP contribution is -3.12. The second kappa shape index (κ2) is 8.33. The molecule has 0 radical (unpaired) electrons. The molecular weight excluding hydrogens is 350 g/mol. The number of nitrogens with zero attached hydrogens (tertiary/aromatic N) is 2. The average Bonchev–Trinajstić information content (AvgIpc) is 2.96. The molecule has 2 N–H and O–H groups in total. The molecule has 0 fully saturated rings. The first kappa shape index (κ1) is 19.1. The minimum absolute atomic E-state index is 0.542. The van der Waals surface area contributed by atoms with Crippen LogP contribution in [0.15, 0.2) is 23.4 Å². The van der Waals surface area contributed by atoms with Gasteiger partial charge in [0.1, 0.15) is 24.9 Å². The van der Waals surface area contributed by atoms with Crippen molar-refractivity contribution in [2.45, 2.75) is 31.1 Å². The molecule has 2 aromatic rings. The van der Waals surface area contributed by atoms with Crippen molar-refractivity contribution in [2.24, 2.45) is 7.05 Å². The SMILES string of the molecule is CCSc1nc2c(n1C)CC[NH+](C[C@H](O)c1ccc(OC)c(OC)c1)C2. The lowest BCUT2D eigenvalue weighted by Gasteiger charge is -2.26. The molecule has 0 amide bonds. The number of aromatic nitrogens is 2. The summed E-state index contributed by atoms with van der Waals surface area (Å²) >= 11 is 1.78. The Labute approximate surface area is 159 Å². The van der Waals surface area contributed by atoms with E-state index < -0.39 is 6.10 Å². The van der Waals surface area contributed by atoms with Gasteiger partial charge in [-0.15, -0.1) is 0 Å². The number of hydrogen-bond acceptors (Lipinski definition) is 5. The summed E-state index contributed by atoms with van der Waals surface area (Å²) in [5.74, 6) is 2.34. The van der Waals surface area contributed by atoms with E-state index in [0.29, 0.717) is 18.0 Å². The van der Waals surface area contributed by atoms with Crippen molar-refractivity contribution in [3.05, 3.63) is 35.2 Å². The number of quaternary nitrogens is 1. The fraction of sp³-hybridized carbons (Fsp3) is 0.526. The number of nitrogens with one attached hydrogen (secondary N) is 1. The van der Waals surface area contributed by atoms with Crippen LogP contribution in [0.2, 0.25) is 0 Å². The fourth-order valence-corrected chi connectivity index (χ4v) is 4.26. The van der Waals surface area contributed by atoms with Gasteiger partial charge in [0.15, 0.2) is 16.7 Å². The Balaban J connectivity index is 1.69. The molecule has 0 spiro atoms. The van der Waals surface area contributed by atoms with Crippen molar-refractivity contribution in [1.29, 1.82) is 0 Å². The van der Waals surface area contributed by atoms with Crippen LogP contribution in [0.1, 0.15) is 30.0 Å². The highest BCUT2D eigenvalue weighted by Crippen LogP contribution is 2.29. The average molecular weight is 379 g/mol. The van der Waals surface area contributed by atoms with Crippen molar-refractivity contribution in [3.8, 4) is 11.5 Å². The van der Waals surface area contributed by atoms with Gasteiger partial charge in [-0.05, 0) is 23.4 Å². The third kappa shape index (κ3) is 3.84. The summed E-state index contributed by atoms with van der Waals surface area (Å²) in [6.45, 7) is 4.67. The van der Waals surface area contributed by atoms with Crippen molar-refractivity contribution in [3.63, 3.8) is 0 Å². The summed E-state index contributed by atoms with van der Waals surface area (Å²) in [6.07, 6.45) is 0.455. The summed E-state index contributed by atoms with van der Waals surface area (Å²) in [4.78, 5) is 6.16. The first-order chi connectivity index (χ1) is 12.6. The third-order valence-corrected chi connectivity index (χ3v) is 5.85. The van der Waals surface area contributed by atoms with Crippen LogP contribution in [0.5, 0.6) is 11.5 Å². The molecule has 142 valence electrons. The third-order valence-electron chi connectivity index (χ3n) is 4.94. The summed E-state index contributed by atoms with van der Waals surface area (Å²) in [6, 6.07) is 5.60. The van der Waals surface area contributed by atoms with E-state index in [9.17, 15) is 5.11 Å². The molecule has 1 aromatic heterocycles. The number of hydrogen-bond donors (Lipinski definition) is 2. The van der Waals surface area contributed by atoms with Crippen molar-refractivity contribution < 1.29 is 19.5 Å². The molecule has 0 bridgehead atoms. The van der Waals surface area contributed by atoms with Gasteiger partial charge in [0.05, 0.1) is 26.5 Å². The highest BCUT2D eigenvalue weighted by molar-refractivity contribution is 7.99. The monoisotopic (exact) mass is 378 g/mol. The predicted molar refractivity (Wildman–Crippen MR) is 102 cm³/mol. The van der Waals surface area contributed by atoms with E-state index in [-0.39, 0.29) is 0 Å². The van der Waals surface area contributed by atoms with E-state index in [4.69, 9.17) is 14.5 Å². The van der Waals surface area contributed by atoms with E-state index in [1.165, 1.54) is 16.3 Å². The summed E-state index contributed by atoms with van der Waals surface area (Å²) in [7, 11) is 5.33. The Hall–Kier alpha value is -1.70. The number of imidazole rings is 1. The number of aliphatic hydroxyl groups excluding tert-OH is 1. The maximum Gasteiger partial charge on any atom is 0.168 e. The lowest BCUT2D eigenvalue weighted by molar-refractivity contribution is -0.920. The minimum Gasteiger partial charge on any atom is -0.493 e. The molecule has 0 saturated heterocycles. The van der Waals surface area contributed by atoms with Crippen molar-refractivity contribution in [1.82, 2.24) is 9.55 Å². The van der Waals surface area contributed by atoms with Gasteiger partial charge < -0.3 is 24.0 Å². The van der Waals surface area contributed by atoms with E-state index in [2.05, 4.69) is 18.5 Å². The van der Waals surface area contributed by atoms with E-state index in [1.807, 2.05) is 18.2 Å². The molecule has 26 heavy (non-hydrogen) atoms. The van der Waals surface area contributed by atoms with Gasteiger partial charge in [0.25, 0.3) is 0 Å². The number of aliphatic hydroxyl groups is 1.